The highest BCUT2D eigenvalue weighted by Crippen LogP contribution is 2.17. The van der Waals surface area contributed by atoms with Gasteiger partial charge in [0.1, 0.15) is 5.75 Å². The van der Waals surface area contributed by atoms with Crippen molar-refractivity contribution in [1.29, 1.82) is 0 Å². The minimum absolute atomic E-state index is 0.0605. The molecule has 2 amide bonds. The van der Waals surface area contributed by atoms with Gasteiger partial charge >= 0.3 is 6.03 Å². The van der Waals surface area contributed by atoms with E-state index in [4.69, 9.17) is 9.84 Å². The van der Waals surface area contributed by atoms with Gasteiger partial charge in [0.25, 0.3) is 0 Å². The Morgan fingerprint density at radius 3 is 2.70 bits per heavy atom. The normalized spacial score (nSPS) is 10.1. The average molecular weight is 314 g/mol. The summed E-state index contributed by atoms with van der Waals surface area (Å²) in [6.07, 6.45) is 1.37. The predicted octanol–water partition coefficient (Wildman–Crippen LogP) is 2.81. The molecule has 0 radical (unpaired) electrons. The summed E-state index contributed by atoms with van der Waals surface area (Å²) in [5.41, 5.74) is 1.90. The number of hydrogen-bond acceptors (Lipinski definition) is 3. The molecule has 2 rings (SSSR count). The maximum atomic E-state index is 11.7. The van der Waals surface area contributed by atoms with Crippen molar-refractivity contribution in [1.82, 2.24) is 5.32 Å². The van der Waals surface area contributed by atoms with E-state index < -0.39 is 0 Å². The lowest BCUT2D eigenvalue weighted by atomic mass is 10.2. The molecule has 122 valence electrons. The molecule has 0 spiro atoms. The minimum atomic E-state index is -0.292. The summed E-state index contributed by atoms with van der Waals surface area (Å²) in [5, 5.41) is 14.1. The fourth-order valence-electron chi connectivity index (χ4n) is 2.05. The first-order chi connectivity index (χ1) is 11.3. The summed E-state index contributed by atoms with van der Waals surface area (Å²) in [6.45, 7) is 1.08. The molecule has 23 heavy (non-hydrogen) atoms. The molecular weight excluding hydrogens is 292 g/mol. The van der Waals surface area contributed by atoms with Crippen LogP contribution in [0.2, 0.25) is 0 Å². The van der Waals surface area contributed by atoms with E-state index in [0.29, 0.717) is 31.0 Å². The second-order valence-corrected chi connectivity index (χ2v) is 5.07. The second kappa shape index (κ2) is 9.48. The monoisotopic (exact) mass is 314 g/mol. The Morgan fingerprint density at radius 1 is 1.09 bits per heavy atom. The number of aliphatic hydroxyl groups is 1. The van der Waals surface area contributed by atoms with Crippen LogP contribution in [-0.4, -0.2) is 30.9 Å². The molecule has 2 aromatic carbocycles. The van der Waals surface area contributed by atoms with Gasteiger partial charge in [-0.1, -0.05) is 36.4 Å². The van der Waals surface area contributed by atoms with Gasteiger partial charge in [-0.15, -0.1) is 0 Å². The Hall–Kier alpha value is -2.53. The van der Waals surface area contributed by atoms with Crippen LogP contribution in [-0.2, 0) is 6.42 Å². The zero-order chi connectivity index (χ0) is 16.3. The van der Waals surface area contributed by atoms with E-state index in [1.807, 2.05) is 30.3 Å². The van der Waals surface area contributed by atoms with Crippen LogP contribution in [0.3, 0.4) is 0 Å². The van der Waals surface area contributed by atoms with Crippen molar-refractivity contribution in [2.75, 3.05) is 25.1 Å². The Morgan fingerprint density at radius 2 is 1.91 bits per heavy atom. The zero-order valence-electron chi connectivity index (χ0n) is 13.0. The number of amides is 2. The van der Waals surface area contributed by atoms with Crippen LogP contribution >= 0.6 is 0 Å². The van der Waals surface area contributed by atoms with Gasteiger partial charge in [0.15, 0.2) is 0 Å². The molecule has 0 aliphatic rings. The second-order valence-electron chi connectivity index (χ2n) is 5.07. The molecule has 0 atom stereocenters. The van der Waals surface area contributed by atoms with Crippen LogP contribution in [0.25, 0.3) is 0 Å². The fraction of sp³-hybridized carbons (Fsp3) is 0.278. The van der Waals surface area contributed by atoms with Gasteiger partial charge in [0.2, 0.25) is 0 Å². The van der Waals surface area contributed by atoms with Crippen LogP contribution in [0.4, 0.5) is 10.5 Å². The van der Waals surface area contributed by atoms with Crippen LogP contribution in [0.15, 0.2) is 54.6 Å². The zero-order valence-corrected chi connectivity index (χ0v) is 13.0. The predicted molar refractivity (Wildman–Crippen MR) is 90.8 cm³/mol. The molecule has 0 heterocycles. The van der Waals surface area contributed by atoms with Gasteiger partial charge in [0.05, 0.1) is 6.61 Å². The number of carbonyl (C=O) groups is 1. The van der Waals surface area contributed by atoms with Gasteiger partial charge in [-0.25, -0.2) is 4.79 Å². The van der Waals surface area contributed by atoms with E-state index in [2.05, 4.69) is 22.8 Å². The number of carbonyl (C=O) groups excluding carboxylic acids is 1. The third-order valence-electron chi connectivity index (χ3n) is 3.21. The molecule has 0 fully saturated rings. The highest BCUT2D eigenvalue weighted by atomic mass is 16.5. The highest BCUT2D eigenvalue weighted by molar-refractivity contribution is 5.89. The molecule has 0 bridgehead atoms. The standard InChI is InChI=1S/C18H22N2O3/c21-12-5-11-19-18(22)20-16-8-4-9-17(14-16)23-13-10-15-6-2-1-3-7-15/h1-4,6-9,14,21H,5,10-13H2,(H2,19,20,22). The highest BCUT2D eigenvalue weighted by Gasteiger charge is 2.02. The first kappa shape index (κ1) is 16.8. The van der Waals surface area contributed by atoms with Gasteiger partial charge < -0.3 is 20.5 Å². The quantitative estimate of drug-likeness (QED) is 0.656. The summed E-state index contributed by atoms with van der Waals surface area (Å²) in [6, 6.07) is 17.1. The van der Waals surface area contributed by atoms with Crippen molar-refractivity contribution in [3.63, 3.8) is 0 Å². The fourth-order valence-corrected chi connectivity index (χ4v) is 2.05. The van der Waals surface area contributed by atoms with Gasteiger partial charge in [-0.2, -0.15) is 0 Å². The van der Waals surface area contributed by atoms with Gasteiger partial charge in [0, 0.05) is 31.3 Å². The summed E-state index contributed by atoms with van der Waals surface area (Å²) in [4.78, 5) is 11.7. The number of hydrogen-bond donors (Lipinski definition) is 3. The number of nitrogens with one attached hydrogen (secondary N) is 2. The number of urea groups is 1. The van der Waals surface area contributed by atoms with Crippen LogP contribution < -0.4 is 15.4 Å². The number of aliphatic hydroxyl groups excluding tert-OH is 1. The van der Waals surface area contributed by atoms with E-state index in [0.717, 1.165) is 6.42 Å². The lowest BCUT2D eigenvalue weighted by Crippen LogP contribution is -2.29. The van der Waals surface area contributed by atoms with E-state index in [9.17, 15) is 4.79 Å². The van der Waals surface area contributed by atoms with Crippen LogP contribution in [0, 0.1) is 0 Å². The van der Waals surface area contributed by atoms with Crippen molar-refractivity contribution in [2.45, 2.75) is 12.8 Å². The SMILES string of the molecule is O=C(NCCCO)Nc1cccc(OCCc2ccccc2)c1. The van der Waals surface area contributed by atoms with Crippen molar-refractivity contribution in [3.05, 3.63) is 60.2 Å². The summed E-state index contributed by atoms with van der Waals surface area (Å²) in [7, 11) is 0. The Kier molecular flexibility index (Phi) is 6.94. The van der Waals surface area contributed by atoms with Crippen LogP contribution in [0.5, 0.6) is 5.75 Å². The molecule has 3 N–H and O–H groups in total. The smallest absolute Gasteiger partial charge is 0.319 e. The molecule has 2 aromatic rings. The maximum absolute atomic E-state index is 11.7. The molecule has 0 saturated carbocycles. The lowest BCUT2D eigenvalue weighted by molar-refractivity contribution is 0.249. The van der Waals surface area contributed by atoms with Crippen molar-refractivity contribution in [3.8, 4) is 5.75 Å². The van der Waals surface area contributed by atoms with E-state index in [1.54, 1.807) is 12.1 Å². The van der Waals surface area contributed by atoms with E-state index in [1.165, 1.54) is 5.56 Å². The molecule has 0 unspecified atom stereocenters. The molecule has 0 aliphatic heterocycles. The maximum Gasteiger partial charge on any atom is 0.319 e. The number of benzene rings is 2. The molecular formula is C18H22N2O3. The summed E-state index contributed by atoms with van der Waals surface area (Å²) < 4.78 is 5.73. The summed E-state index contributed by atoms with van der Waals surface area (Å²) >= 11 is 0. The first-order valence-electron chi connectivity index (χ1n) is 7.70. The third kappa shape index (κ3) is 6.40. The third-order valence-corrected chi connectivity index (χ3v) is 3.21. The van der Waals surface area contributed by atoms with Crippen molar-refractivity contribution in [2.24, 2.45) is 0 Å². The van der Waals surface area contributed by atoms with Gasteiger partial charge in [-0.05, 0) is 24.1 Å². The Balaban J connectivity index is 1.78. The molecule has 0 saturated heterocycles. The topological polar surface area (TPSA) is 70.6 Å². The van der Waals surface area contributed by atoms with Crippen molar-refractivity contribution >= 4 is 11.7 Å². The lowest BCUT2D eigenvalue weighted by Gasteiger charge is -2.10. The van der Waals surface area contributed by atoms with E-state index >= 15 is 0 Å². The number of anilines is 1. The summed E-state index contributed by atoms with van der Waals surface area (Å²) in [5.74, 6) is 0.717. The molecule has 5 heteroatoms. The first-order valence-corrected chi connectivity index (χ1v) is 7.70. The largest absolute Gasteiger partial charge is 0.493 e. The number of ether oxygens (including phenoxy) is 1. The van der Waals surface area contributed by atoms with E-state index in [-0.39, 0.29) is 12.6 Å². The number of rotatable bonds is 8. The Labute approximate surface area is 136 Å². The van der Waals surface area contributed by atoms with Crippen molar-refractivity contribution < 1.29 is 14.6 Å². The Bertz CT molecular complexity index is 602. The van der Waals surface area contributed by atoms with Gasteiger partial charge in [-0.3, -0.25) is 0 Å². The van der Waals surface area contributed by atoms with Crippen LogP contribution in [0.1, 0.15) is 12.0 Å². The molecule has 5 nitrogen and oxygen atoms in total. The molecule has 0 aliphatic carbocycles. The minimum Gasteiger partial charge on any atom is -0.493 e. The molecule has 0 aromatic heterocycles. The average Bonchev–Trinajstić information content (AvgIpc) is 2.56.